The van der Waals surface area contributed by atoms with Gasteiger partial charge in [-0.1, -0.05) is 53.4 Å². The molecule has 2 aliphatic rings. The molecule has 0 saturated heterocycles. The summed E-state index contributed by atoms with van der Waals surface area (Å²) in [5, 5.41) is 0. The van der Waals surface area contributed by atoms with Crippen LogP contribution in [0.3, 0.4) is 0 Å². The third kappa shape index (κ3) is 3.48. The Kier molecular flexibility index (Phi) is 4.55. The summed E-state index contributed by atoms with van der Waals surface area (Å²) in [6.45, 7) is 9.85. The number of rotatable bonds is 2. The normalized spacial score (nSPS) is 48.0. The van der Waals surface area contributed by atoms with Gasteiger partial charge in [-0.05, 0) is 54.8 Å². The lowest BCUT2D eigenvalue weighted by atomic mass is 9.68. The van der Waals surface area contributed by atoms with Crippen LogP contribution in [0.15, 0.2) is 0 Å². The van der Waals surface area contributed by atoms with Gasteiger partial charge in [0, 0.05) is 0 Å². The lowest BCUT2D eigenvalue weighted by Crippen LogP contribution is -2.26. The van der Waals surface area contributed by atoms with E-state index < -0.39 is 0 Å². The van der Waals surface area contributed by atoms with E-state index in [2.05, 4.69) is 27.7 Å². The van der Waals surface area contributed by atoms with Gasteiger partial charge in [0.1, 0.15) is 0 Å². The lowest BCUT2D eigenvalue weighted by molar-refractivity contribution is 0.139. The summed E-state index contributed by atoms with van der Waals surface area (Å²) in [5.41, 5.74) is 0. The van der Waals surface area contributed by atoms with Crippen LogP contribution < -0.4 is 0 Å². The second kappa shape index (κ2) is 5.76. The zero-order chi connectivity index (χ0) is 12.4. The van der Waals surface area contributed by atoms with Gasteiger partial charge in [0.2, 0.25) is 0 Å². The van der Waals surface area contributed by atoms with Crippen molar-refractivity contribution in [2.75, 3.05) is 0 Å². The summed E-state index contributed by atoms with van der Waals surface area (Å²) in [7, 11) is 0. The molecule has 2 aliphatic carbocycles. The van der Waals surface area contributed by atoms with Crippen molar-refractivity contribution in [3.05, 3.63) is 0 Å². The maximum atomic E-state index is 2.47. The molecule has 2 saturated carbocycles. The average molecular weight is 236 g/mol. The van der Waals surface area contributed by atoms with Gasteiger partial charge in [0.25, 0.3) is 0 Å². The fourth-order valence-corrected chi connectivity index (χ4v) is 4.22. The van der Waals surface area contributed by atoms with Crippen LogP contribution in [0.5, 0.6) is 0 Å². The van der Waals surface area contributed by atoms with E-state index >= 15 is 0 Å². The van der Waals surface area contributed by atoms with E-state index in [4.69, 9.17) is 0 Å². The monoisotopic (exact) mass is 236 g/mol. The average Bonchev–Trinajstić information content (AvgIpc) is 2.29. The third-order valence-electron chi connectivity index (χ3n) is 6.08. The fourth-order valence-electron chi connectivity index (χ4n) is 4.22. The minimum Gasteiger partial charge on any atom is -0.0623 e. The molecule has 0 spiro atoms. The van der Waals surface area contributed by atoms with Crippen LogP contribution in [0.4, 0.5) is 0 Å². The molecular formula is C17H32. The van der Waals surface area contributed by atoms with Gasteiger partial charge >= 0.3 is 0 Å². The fraction of sp³-hybridized carbons (Fsp3) is 1.00. The number of hydrogen-bond acceptors (Lipinski definition) is 0. The van der Waals surface area contributed by atoms with Gasteiger partial charge in [-0.3, -0.25) is 0 Å². The Labute approximate surface area is 109 Å². The molecule has 6 atom stereocenters. The molecule has 0 N–H and O–H groups in total. The Hall–Kier alpha value is 0. The van der Waals surface area contributed by atoms with Crippen LogP contribution in [-0.2, 0) is 0 Å². The van der Waals surface area contributed by atoms with E-state index in [1.165, 1.54) is 38.5 Å². The first-order chi connectivity index (χ1) is 8.06. The predicted molar refractivity (Wildman–Crippen MR) is 76.0 cm³/mol. The second-order valence-electron chi connectivity index (χ2n) is 7.50. The highest BCUT2D eigenvalue weighted by molar-refractivity contribution is 4.81. The molecule has 2 rings (SSSR count). The van der Waals surface area contributed by atoms with Crippen LogP contribution >= 0.6 is 0 Å². The van der Waals surface area contributed by atoms with Gasteiger partial charge in [-0.2, -0.15) is 0 Å². The minimum atomic E-state index is 0.980. The van der Waals surface area contributed by atoms with Gasteiger partial charge < -0.3 is 0 Å². The van der Waals surface area contributed by atoms with Crippen molar-refractivity contribution in [2.24, 2.45) is 35.5 Å². The Morgan fingerprint density at radius 1 is 0.588 bits per heavy atom. The quantitative estimate of drug-likeness (QED) is 0.592. The summed E-state index contributed by atoms with van der Waals surface area (Å²) < 4.78 is 0. The highest BCUT2D eigenvalue weighted by Crippen LogP contribution is 2.41. The van der Waals surface area contributed by atoms with Crippen molar-refractivity contribution in [1.29, 1.82) is 0 Å². The Bertz CT molecular complexity index is 208. The molecule has 0 amide bonds. The van der Waals surface area contributed by atoms with Crippen LogP contribution in [0, 0.1) is 35.5 Å². The van der Waals surface area contributed by atoms with E-state index in [0.29, 0.717) is 0 Å². The Morgan fingerprint density at radius 3 is 1.35 bits per heavy atom. The van der Waals surface area contributed by atoms with Gasteiger partial charge in [0.05, 0.1) is 0 Å². The zero-order valence-corrected chi connectivity index (χ0v) is 12.4. The molecule has 0 nitrogen and oxygen atoms in total. The number of hydrogen-bond donors (Lipinski definition) is 0. The SMILES string of the molecule is CC1CCC(CC2CCC(C)C(C)C2)CC1C. The van der Waals surface area contributed by atoms with Crippen molar-refractivity contribution in [3.8, 4) is 0 Å². The molecule has 0 heteroatoms. The first-order valence-corrected chi connectivity index (χ1v) is 8.06. The molecular weight excluding hydrogens is 204 g/mol. The molecule has 0 heterocycles. The van der Waals surface area contributed by atoms with E-state index in [9.17, 15) is 0 Å². The Morgan fingerprint density at radius 2 is 1.00 bits per heavy atom. The van der Waals surface area contributed by atoms with Gasteiger partial charge in [0.15, 0.2) is 0 Å². The van der Waals surface area contributed by atoms with Crippen LogP contribution in [0.1, 0.15) is 72.6 Å². The highest BCUT2D eigenvalue weighted by atomic mass is 14.4. The van der Waals surface area contributed by atoms with Crippen molar-refractivity contribution >= 4 is 0 Å². The van der Waals surface area contributed by atoms with E-state index in [0.717, 1.165) is 35.5 Å². The maximum Gasteiger partial charge on any atom is -0.0409 e. The van der Waals surface area contributed by atoms with Crippen molar-refractivity contribution in [1.82, 2.24) is 0 Å². The zero-order valence-electron chi connectivity index (χ0n) is 12.4. The first kappa shape index (κ1) is 13.4. The van der Waals surface area contributed by atoms with E-state index in [-0.39, 0.29) is 0 Å². The molecule has 100 valence electrons. The van der Waals surface area contributed by atoms with Crippen LogP contribution in [0.25, 0.3) is 0 Å². The van der Waals surface area contributed by atoms with E-state index in [1.807, 2.05) is 0 Å². The summed E-state index contributed by atoms with van der Waals surface area (Å²) >= 11 is 0. The van der Waals surface area contributed by atoms with Crippen LogP contribution in [-0.4, -0.2) is 0 Å². The molecule has 0 radical (unpaired) electrons. The summed E-state index contributed by atoms with van der Waals surface area (Å²) in [4.78, 5) is 0. The highest BCUT2D eigenvalue weighted by Gasteiger charge is 2.30. The van der Waals surface area contributed by atoms with Crippen LogP contribution in [0.2, 0.25) is 0 Å². The summed E-state index contributed by atoms with van der Waals surface area (Å²) in [6.07, 6.45) is 10.6. The minimum absolute atomic E-state index is 0.980. The third-order valence-corrected chi connectivity index (χ3v) is 6.08. The summed E-state index contributed by atoms with van der Waals surface area (Å²) in [6, 6.07) is 0. The topological polar surface area (TPSA) is 0 Å². The first-order valence-electron chi connectivity index (χ1n) is 8.06. The van der Waals surface area contributed by atoms with Crippen molar-refractivity contribution in [3.63, 3.8) is 0 Å². The lowest BCUT2D eigenvalue weighted by Gasteiger charge is -2.37. The molecule has 17 heavy (non-hydrogen) atoms. The molecule has 0 aromatic heterocycles. The molecule has 2 fully saturated rings. The van der Waals surface area contributed by atoms with Gasteiger partial charge in [-0.25, -0.2) is 0 Å². The smallest absolute Gasteiger partial charge is 0.0409 e. The van der Waals surface area contributed by atoms with Crippen molar-refractivity contribution in [2.45, 2.75) is 72.6 Å². The predicted octanol–water partition coefficient (Wildman–Crippen LogP) is 5.52. The molecule has 0 aromatic rings. The molecule has 0 bridgehead atoms. The van der Waals surface area contributed by atoms with E-state index in [1.54, 1.807) is 6.42 Å². The van der Waals surface area contributed by atoms with Gasteiger partial charge in [-0.15, -0.1) is 0 Å². The van der Waals surface area contributed by atoms with Crippen molar-refractivity contribution < 1.29 is 0 Å². The second-order valence-corrected chi connectivity index (χ2v) is 7.50. The molecule has 0 aliphatic heterocycles. The molecule has 6 unspecified atom stereocenters. The summed E-state index contributed by atoms with van der Waals surface area (Å²) in [5.74, 6) is 6.05. The Balaban J connectivity index is 1.78. The standard InChI is InChI=1S/C17H32/c1-12-5-7-16(9-14(12)3)11-17-8-6-13(2)15(4)10-17/h12-17H,5-11H2,1-4H3. The molecule has 0 aromatic carbocycles. The largest absolute Gasteiger partial charge is 0.0623 e. The maximum absolute atomic E-state index is 2.47.